The van der Waals surface area contributed by atoms with Crippen LogP contribution in [0.1, 0.15) is 19.3 Å². The topological polar surface area (TPSA) is 77.5 Å². The summed E-state index contributed by atoms with van der Waals surface area (Å²) in [6.07, 6.45) is 1.44. The lowest BCUT2D eigenvalue weighted by molar-refractivity contribution is 0.0606. The van der Waals surface area contributed by atoms with Crippen LogP contribution in [0, 0.1) is 5.82 Å². The number of nitrogens with zero attached hydrogens (tertiary/aromatic N) is 1. The third kappa shape index (κ3) is 4.22. The van der Waals surface area contributed by atoms with Gasteiger partial charge in [0.2, 0.25) is 5.88 Å². The lowest BCUT2D eigenvalue weighted by atomic mass is 10.3. The van der Waals surface area contributed by atoms with Crippen molar-refractivity contribution in [3.8, 4) is 11.6 Å². The molecule has 6 nitrogen and oxygen atoms in total. The van der Waals surface area contributed by atoms with E-state index in [4.69, 9.17) is 4.74 Å². The maximum Gasteiger partial charge on any atom is 0.348 e. The molecule has 0 fully saturated rings. The van der Waals surface area contributed by atoms with Crippen LogP contribution in [0.25, 0.3) is 0 Å². The van der Waals surface area contributed by atoms with E-state index < -0.39 is 5.97 Å². The molecule has 132 valence electrons. The number of nitrogens with one attached hydrogen (secondary N) is 1. The van der Waals surface area contributed by atoms with Crippen molar-refractivity contribution in [2.75, 3.05) is 12.4 Å². The minimum atomic E-state index is -0.488. The third-order valence-electron chi connectivity index (χ3n) is 3.25. The van der Waals surface area contributed by atoms with E-state index in [-0.39, 0.29) is 11.7 Å². The van der Waals surface area contributed by atoms with Gasteiger partial charge in [-0.25, -0.2) is 14.2 Å². The molecule has 2 heterocycles. The highest BCUT2D eigenvalue weighted by Gasteiger charge is 2.14. The summed E-state index contributed by atoms with van der Waals surface area (Å²) >= 11 is 1.04. The number of pyridine rings is 1. The van der Waals surface area contributed by atoms with E-state index in [1.165, 1.54) is 43.6 Å². The van der Waals surface area contributed by atoms with Crippen molar-refractivity contribution in [3.63, 3.8) is 0 Å². The largest absolute Gasteiger partial charge is 0.465 e. The standard InChI is InChI=1S/C18H13FN2O4S/c1-24-18(23)15-8-7-14(26-15)17(22)21-12-4-9-16(20-10-12)25-13-5-2-11(19)3-6-13/h2-10H,1H3,(H,21,22). The molecule has 0 bridgehead atoms. The van der Waals surface area contributed by atoms with E-state index >= 15 is 0 Å². The fourth-order valence-electron chi connectivity index (χ4n) is 2.00. The summed E-state index contributed by atoms with van der Waals surface area (Å²) in [6, 6.07) is 11.8. The summed E-state index contributed by atoms with van der Waals surface area (Å²) in [5.41, 5.74) is 0.467. The van der Waals surface area contributed by atoms with Crippen LogP contribution in [-0.2, 0) is 4.74 Å². The summed E-state index contributed by atoms with van der Waals surface area (Å²) in [7, 11) is 1.28. The Morgan fingerprint density at radius 3 is 2.42 bits per heavy atom. The number of rotatable bonds is 5. The first-order chi connectivity index (χ1) is 12.5. The quantitative estimate of drug-likeness (QED) is 0.682. The number of hydrogen-bond acceptors (Lipinski definition) is 6. The van der Waals surface area contributed by atoms with Gasteiger partial charge in [-0.15, -0.1) is 11.3 Å². The second-order valence-corrected chi connectivity index (χ2v) is 6.13. The van der Waals surface area contributed by atoms with Gasteiger partial charge < -0.3 is 14.8 Å². The van der Waals surface area contributed by atoms with Crippen LogP contribution in [0.2, 0.25) is 0 Å². The average Bonchev–Trinajstić information content (AvgIpc) is 3.15. The number of hydrogen-bond donors (Lipinski definition) is 1. The molecule has 8 heteroatoms. The molecule has 0 unspecified atom stereocenters. The second-order valence-electron chi connectivity index (χ2n) is 5.05. The van der Waals surface area contributed by atoms with Gasteiger partial charge in [0, 0.05) is 6.07 Å². The first kappa shape index (κ1) is 17.6. The molecule has 1 N–H and O–H groups in total. The molecular weight excluding hydrogens is 359 g/mol. The fourth-order valence-corrected chi connectivity index (χ4v) is 2.82. The SMILES string of the molecule is COC(=O)c1ccc(C(=O)Nc2ccc(Oc3ccc(F)cc3)nc2)s1. The number of anilines is 1. The molecule has 26 heavy (non-hydrogen) atoms. The number of amides is 1. The predicted octanol–water partition coefficient (Wildman–Crippen LogP) is 4.11. The van der Waals surface area contributed by atoms with Gasteiger partial charge >= 0.3 is 5.97 Å². The van der Waals surface area contributed by atoms with Gasteiger partial charge in [0.25, 0.3) is 5.91 Å². The van der Waals surface area contributed by atoms with Gasteiger partial charge in [-0.1, -0.05) is 0 Å². The summed E-state index contributed by atoms with van der Waals surface area (Å²) < 4.78 is 23.0. The summed E-state index contributed by atoms with van der Waals surface area (Å²) in [5, 5.41) is 2.68. The molecule has 2 aromatic heterocycles. The molecule has 1 aromatic carbocycles. The maximum atomic E-state index is 12.9. The highest BCUT2D eigenvalue weighted by Crippen LogP contribution is 2.22. The zero-order valence-electron chi connectivity index (χ0n) is 13.6. The van der Waals surface area contributed by atoms with Crippen LogP contribution in [0.4, 0.5) is 10.1 Å². The Morgan fingerprint density at radius 2 is 1.77 bits per heavy atom. The molecule has 3 aromatic rings. The molecule has 0 spiro atoms. The molecule has 0 saturated heterocycles. The number of esters is 1. The molecule has 0 atom stereocenters. The molecule has 0 saturated carbocycles. The van der Waals surface area contributed by atoms with Crippen LogP contribution in [-0.4, -0.2) is 24.0 Å². The Hall–Kier alpha value is -3.26. The van der Waals surface area contributed by atoms with Crippen molar-refractivity contribution < 1.29 is 23.5 Å². The van der Waals surface area contributed by atoms with Crippen LogP contribution >= 0.6 is 11.3 Å². The van der Waals surface area contributed by atoms with Crippen molar-refractivity contribution in [1.29, 1.82) is 0 Å². The van der Waals surface area contributed by atoms with Gasteiger partial charge in [0.1, 0.15) is 16.4 Å². The van der Waals surface area contributed by atoms with E-state index in [0.29, 0.717) is 27.1 Å². The molecule has 0 aliphatic rings. The lowest BCUT2D eigenvalue weighted by Crippen LogP contribution is -2.10. The van der Waals surface area contributed by atoms with Gasteiger partial charge in [-0.3, -0.25) is 4.79 Å². The smallest absolute Gasteiger partial charge is 0.348 e. The lowest BCUT2D eigenvalue weighted by Gasteiger charge is -2.06. The molecule has 0 radical (unpaired) electrons. The Balaban J connectivity index is 1.63. The van der Waals surface area contributed by atoms with E-state index in [1.54, 1.807) is 18.2 Å². The van der Waals surface area contributed by atoms with Gasteiger partial charge in [-0.05, 0) is 42.5 Å². The normalized spacial score (nSPS) is 10.2. The van der Waals surface area contributed by atoms with Crippen molar-refractivity contribution in [3.05, 3.63) is 70.3 Å². The summed E-state index contributed by atoms with van der Waals surface area (Å²) in [4.78, 5) is 28.4. The maximum absolute atomic E-state index is 12.9. The molecular formula is C18H13FN2O4S. The molecule has 0 aliphatic heterocycles. The number of aromatic nitrogens is 1. The Bertz CT molecular complexity index is 923. The monoisotopic (exact) mass is 372 g/mol. The Morgan fingerprint density at radius 1 is 1.04 bits per heavy atom. The number of halogens is 1. The van der Waals surface area contributed by atoms with Crippen LogP contribution in [0.5, 0.6) is 11.6 Å². The number of methoxy groups -OCH3 is 1. The van der Waals surface area contributed by atoms with E-state index in [1.807, 2.05) is 0 Å². The average molecular weight is 372 g/mol. The Kier molecular flexibility index (Phi) is 5.23. The number of thiophene rings is 1. The summed E-state index contributed by atoms with van der Waals surface area (Å²) in [6.45, 7) is 0. The van der Waals surface area contributed by atoms with Crippen molar-refractivity contribution in [2.45, 2.75) is 0 Å². The van der Waals surface area contributed by atoms with Gasteiger partial charge in [0.05, 0.1) is 23.9 Å². The fraction of sp³-hybridized carbons (Fsp3) is 0.0556. The first-order valence-electron chi connectivity index (χ1n) is 7.44. The van der Waals surface area contributed by atoms with Crippen LogP contribution < -0.4 is 10.1 Å². The molecule has 0 aliphatic carbocycles. The number of ether oxygens (including phenoxy) is 2. The zero-order valence-corrected chi connectivity index (χ0v) is 14.4. The van der Waals surface area contributed by atoms with Crippen molar-refractivity contribution in [2.24, 2.45) is 0 Å². The minimum absolute atomic E-state index is 0.304. The van der Waals surface area contributed by atoms with Crippen LogP contribution in [0.3, 0.4) is 0 Å². The third-order valence-corrected chi connectivity index (χ3v) is 4.31. The highest BCUT2D eigenvalue weighted by atomic mass is 32.1. The van der Waals surface area contributed by atoms with E-state index in [0.717, 1.165) is 11.3 Å². The van der Waals surface area contributed by atoms with Crippen molar-refractivity contribution >= 4 is 28.9 Å². The predicted molar refractivity (Wildman–Crippen MR) is 94.3 cm³/mol. The number of carbonyl (C=O) groups excluding carboxylic acids is 2. The molecule has 3 rings (SSSR count). The molecule has 1 amide bonds. The van der Waals surface area contributed by atoms with Gasteiger partial charge in [-0.2, -0.15) is 0 Å². The highest BCUT2D eigenvalue weighted by molar-refractivity contribution is 7.16. The van der Waals surface area contributed by atoms with E-state index in [2.05, 4.69) is 15.0 Å². The van der Waals surface area contributed by atoms with Crippen molar-refractivity contribution in [1.82, 2.24) is 4.98 Å². The van der Waals surface area contributed by atoms with Gasteiger partial charge in [0.15, 0.2) is 0 Å². The summed E-state index contributed by atoms with van der Waals surface area (Å²) in [5.74, 6) is -0.451. The van der Waals surface area contributed by atoms with Crippen LogP contribution in [0.15, 0.2) is 54.7 Å². The zero-order chi connectivity index (χ0) is 18.5. The number of benzene rings is 1. The van der Waals surface area contributed by atoms with E-state index in [9.17, 15) is 14.0 Å². The second kappa shape index (κ2) is 7.75. The Labute approximate surface area is 152 Å². The number of carbonyl (C=O) groups is 2. The minimum Gasteiger partial charge on any atom is -0.465 e. The first-order valence-corrected chi connectivity index (χ1v) is 8.26.